The molecule has 22 heavy (non-hydrogen) atoms. The number of hydrogen-bond acceptors (Lipinski definition) is 3. The van der Waals surface area contributed by atoms with Gasteiger partial charge in [-0.25, -0.2) is 4.68 Å². The Hall–Kier alpha value is -1.85. The molecule has 1 aromatic heterocycles. The summed E-state index contributed by atoms with van der Waals surface area (Å²) in [5.41, 5.74) is 2.22. The largest absolute Gasteiger partial charge is 0.396 e. The quantitative estimate of drug-likeness (QED) is 0.944. The van der Waals surface area contributed by atoms with E-state index in [0.717, 1.165) is 17.8 Å². The fraction of sp³-hybridized carbons (Fsp3) is 0.375. The molecule has 1 aliphatic heterocycles. The first kappa shape index (κ1) is 15.1. The van der Waals surface area contributed by atoms with E-state index in [4.69, 9.17) is 11.6 Å². The second-order valence-corrected chi connectivity index (χ2v) is 6.06. The normalized spacial score (nSPS) is 18.0. The number of nitrogens with zero attached hydrogens (tertiary/aromatic N) is 3. The number of benzene rings is 1. The van der Waals surface area contributed by atoms with Gasteiger partial charge in [0, 0.05) is 30.6 Å². The molecule has 2 heterocycles. The minimum Gasteiger partial charge on any atom is -0.396 e. The summed E-state index contributed by atoms with van der Waals surface area (Å²) in [7, 11) is 0. The van der Waals surface area contributed by atoms with Crippen LogP contribution in [0.4, 0.5) is 0 Å². The number of carbonyl (C=O) groups is 1. The molecule has 3 rings (SSSR count). The molecule has 1 fully saturated rings. The van der Waals surface area contributed by atoms with Crippen LogP contribution < -0.4 is 0 Å². The minimum atomic E-state index is -0.0262. The van der Waals surface area contributed by atoms with Crippen molar-refractivity contribution in [1.29, 1.82) is 0 Å². The smallest absolute Gasteiger partial charge is 0.257 e. The lowest BCUT2D eigenvalue weighted by Gasteiger charge is -2.16. The number of halogens is 1. The average Bonchev–Trinajstić information content (AvgIpc) is 3.13. The van der Waals surface area contributed by atoms with Crippen molar-refractivity contribution >= 4 is 17.5 Å². The lowest BCUT2D eigenvalue weighted by atomic mass is 10.1. The average molecular weight is 320 g/mol. The van der Waals surface area contributed by atoms with Crippen molar-refractivity contribution in [3.8, 4) is 5.69 Å². The molecule has 1 saturated heterocycles. The van der Waals surface area contributed by atoms with Crippen molar-refractivity contribution in [1.82, 2.24) is 14.7 Å². The predicted octanol–water partition coefficient (Wildman–Crippen LogP) is 2.29. The van der Waals surface area contributed by atoms with Crippen LogP contribution in [0.2, 0.25) is 5.02 Å². The lowest BCUT2D eigenvalue weighted by molar-refractivity contribution is 0.0781. The number of aliphatic hydroxyl groups is 1. The molecular formula is C16H18ClN3O2. The highest BCUT2D eigenvalue weighted by molar-refractivity contribution is 6.30. The van der Waals surface area contributed by atoms with Gasteiger partial charge in [0.2, 0.25) is 0 Å². The van der Waals surface area contributed by atoms with Gasteiger partial charge in [-0.1, -0.05) is 17.7 Å². The van der Waals surface area contributed by atoms with Crippen LogP contribution in [-0.4, -0.2) is 45.4 Å². The van der Waals surface area contributed by atoms with Crippen molar-refractivity contribution < 1.29 is 9.90 Å². The third kappa shape index (κ3) is 2.74. The zero-order chi connectivity index (χ0) is 15.7. The Labute approximate surface area is 134 Å². The molecule has 5 nitrogen and oxygen atoms in total. The summed E-state index contributed by atoms with van der Waals surface area (Å²) in [6.07, 6.45) is 2.45. The molecule has 1 N–H and O–H groups in total. The minimum absolute atomic E-state index is 0.0262. The van der Waals surface area contributed by atoms with Crippen molar-refractivity contribution in [2.24, 2.45) is 5.92 Å². The summed E-state index contributed by atoms with van der Waals surface area (Å²) in [6, 6.07) is 7.37. The number of carbonyl (C=O) groups excluding carboxylic acids is 1. The topological polar surface area (TPSA) is 58.4 Å². The molecule has 1 aliphatic rings. The molecule has 0 spiro atoms. The second kappa shape index (κ2) is 6.10. The van der Waals surface area contributed by atoms with Gasteiger partial charge in [0.25, 0.3) is 5.91 Å². The number of rotatable bonds is 3. The van der Waals surface area contributed by atoms with Gasteiger partial charge >= 0.3 is 0 Å². The van der Waals surface area contributed by atoms with E-state index < -0.39 is 0 Å². The van der Waals surface area contributed by atoms with Crippen LogP contribution in [0.5, 0.6) is 0 Å². The molecule has 1 atom stereocenters. The van der Waals surface area contributed by atoms with Gasteiger partial charge in [-0.3, -0.25) is 4.79 Å². The van der Waals surface area contributed by atoms with Crippen molar-refractivity contribution in [3.05, 3.63) is 46.7 Å². The standard InChI is InChI=1S/C16H18ClN3O2/c1-11-15(16(22)19-6-5-12(9-19)10-21)8-18-20(11)14-4-2-3-13(17)7-14/h2-4,7-8,12,21H,5-6,9-10H2,1H3. The maximum Gasteiger partial charge on any atom is 0.257 e. The Bertz CT molecular complexity index is 698. The fourth-order valence-electron chi connectivity index (χ4n) is 2.82. The van der Waals surface area contributed by atoms with Gasteiger partial charge in [0.05, 0.1) is 23.1 Å². The van der Waals surface area contributed by atoms with Gasteiger partial charge in [-0.05, 0) is 31.5 Å². The van der Waals surface area contributed by atoms with Crippen LogP contribution in [0.3, 0.4) is 0 Å². The van der Waals surface area contributed by atoms with E-state index in [0.29, 0.717) is 23.7 Å². The number of hydrogen-bond donors (Lipinski definition) is 1. The molecule has 0 aliphatic carbocycles. The first-order chi connectivity index (χ1) is 10.6. The first-order valence-electron chi connectivity index (χ1n) is 7.31. The Morgan fingerprint density at radius 1 is 1.50 bits per heavy atom. The van der Waals surface area contributed by atoms with Crippen LogP contribution >= 0.6 is 11.6 Å². The second-order valence-electron chi connectivity index (χ2n) is 5.62. The summed E-state index contributed by atoms with van der Waals surface area (Å²) in [5, 5.41) is 14.2. The van der Waals surface area contributed by atoms with E-state index >= 15 is 0 Å². The van der Waals surface area contributed by atoms with E-state index in [1.807, 2.05) is 25.1 Å². The third-order valence-corrected chi connectivity index (χ3v) is 4.36. The van der Waals surface area contributed by atoms with E-state index in [-0.39, 0.29) is 18.4 Å². The van der Waals surface area contributed by atoms with Gasteiger partial charge in [0.15, 0.2) is 0 Å². The zero-order valence-corrected chi connectivity index (χ0v) is 13.1. The maximum absolute atomic E-state index is 12.6. The SMILES string of the molecule is Cc1c(C(=O)N2CCC(CO)C2)cnn1-c1cccc(Cl)c1. The van der Waals surface area contributed by atoms with Crippen LogP contribution in [-0.2, 0) is 0 Å². The van der Waals surface area contributed by atoms with Crippen LogP contribution in [0.25, 0.3) is 5.69 Å². The number of likely N-dealkylation sites (tertiary alicyclic amines) is 1. The van der Waals surface area contributed by atoms with E-state index in [1.54, 1.807) is 21.8 Å². The molecule has 6 heteroatoms. The molecule has 1 amide bonds. The first-order valence-corrected chi connectivity index (χ1v) is 7.68. The molecular weight excluding hydrogens is 302 g/mol. The van der Waals surface area contributed by atoms with Crippen molar-refractivity contribution in [3.63, 3.8) is 0 Å². The Kier molecular flexibility index (Phi) is 4.18. The van der Waals surface area contributed by atoms with Crippen molar-refractivity contribution in [2.45, 2.75) is 13.3 Å². The predicted molar refractivity (Wildman–Crippen MR) is 84.4 cm³/mol. The summed E-state index contributed by atoms with van der Waals surface area (Å²) in [6.45, 7) is 3.30. The van der Waals surface area contributed by atoms with Crippen LogP contribution in [0, 0.1) is 12.8 Å². The molecule has 1 unspecified atom stereocenters. The molecule has 1 aromatic carbocycles. The number of aliphatic hydroxyl groups excluding tert-OH is 1. The Morgan fingerprint density at radius 2 is 2.32 bits per heavy atom. The van der Waals surface area contributed by atoms with Gasteiger partial charge in [0.1, 0.15) is 0 Å². The molecule has 0 bridgehead atoms. The lowest BCUT2D eigenvalue weighted by Crippen LogP contribution is -2.29. The Morgan fingerprint density at radius 3 is 3.00 bits per heavy atom. The fourth-order valence-corrected chi connectivity index (χ4v) is 3.01. The van der Waals surface area contributed by atoms with E-state index in [9.17, 15) is 9.90 Å². The van der Waals surface area contributed by atoms with Crippen LogP contribution in [0.15, 0.2) is 30.5 Å². The molecule has 0 saturated carbocycles. The molecule has 2 aromatic rings. The van der Waals surface area contributed by atoms with Crippen molar-refractivity contribution in [2.75, 3.05) is 19.7 Å². The van der Waals surface area contributed by atoms with E-state index in [2.05, 4.69) is 5.10 Å². The summed E-state index contributed by atoms with van der Waals surface area (Å²) in [4.78, 5) is 14.4. The van der Waals surface area contributed by atoms with Crippen LogP contribution in [0.1, 0.15) is 22.5 Å². The van der Waals surface area contributed by atoms with Gasteiger partial charge in [-0.2, -0.15) is 5.10 Å². The zero-order valence-electron chi connectivity index (χ0n) is 12.4. The van der Waals surface area contributed by atoms with Gasteiger partial charge < -0.3 is 10.0 Å². The highest BCUT2D eigenvalue weighted by atomic mass is 35.5. The third-order valence-electron chi connectivity index (χ3n) is 4.12. The number of aromatic nitrogens is 2. The molecule has 116 valence electrons. The summed E-state index contributed by atoms with van der Waals surface area (Å²) in [5.74, 6) is 0.161. The summed E-state index contributed by atoms with van der Waals surface area (Å²) < 4.78 is 1.72. The number of amides is 1. The van der Waals surface area contributed by atoms with Gasteiger partial charge in [-0.15, -0.1) is 0 Å². The highest BCUT2D eigenvalue weighted by Crippen LogP contribution is 2.22. The monoisotopic (exact) mass is 319 g/mol. The Balaban J connectivity index is 1.86. The maximum atomic E-state index is 12.6. The van der Waals surface area contributed by atoms with E-state index in [1.165, 1.54) is 0 Å². The highest BCUT2D eigenvalue weighted by Gasteiger charge is 2.28. The summed E-state index contributed by atoms with van der Waals surface area (Å²) >= 11 is 6.01. The molecule has 0 radical (unpaired) electrons.